The molecule has 1 heterocycles. The number of allylic oxidation sites excluding steroid dienone is 1. The number of aromatic nitrogens is 2. The maximum Gasteiger partial charge on any atom is 0.336 e. The zero-order chi connectivity index (χ0) is 28.9. The highest BCUT2D eigenvalue weighted by Crippen LogP contribution is 2.34. The van der Waals surface area contributed by atoms with Gasteiger partial charge >= 0.3 is 5.97 Å². The third-order valence-corrected chi connectivity index (χ3v) is 8.39. The van der Waals surface area contributed by atoms with E-state index < -0.39 is 5.97 Å². The van der Waals surface area contributed by atoms with E-state index in [0.717, 1.165) is 66.7 Å². The van der Waals surface area contributed by atoms with Crippen LogP contribution in [0.5, 0.6) is 0 Å². The van der Waals surface area contributed by atoms with Gasteiger partial charge in [0.1, 0.15) is 12.1 Å². The Bertz CT molecular complexity index is 1500. The number of imidazole rings is 1. The first-order valence-electron chi connectivity index (χ1n) is 14.6. The van der Waals surface area contributed by atoms with Gasteiger partial charge in [-0.25, -0.2) is 14.8 Å². The van der Waals surface area contributed by atoms with Crippen LogP contribution in [0.15, 0.2) is 59.6 Å². The number of aldehydes is 1. The van der Waals surface area contributed by atoms with Gasteiger partial charge in [0, 0.05) is 31.2 Å². The first-order valence-corrected chi connectivity index (χ1v) is 14.6. The predicted molar refractivity (Wildman–Crippen MR) is 160 cm³/mol. The van der Waals surface area contributed by atoms with Gasteiger partial charge in [0.05, 0.1) is 22.7 Å². The van der Waals surface area contributed by atoms with E-state index in [0.29, 0.717) is 36.6 Å². The number of benzene rings is 2. The average molecular weight is 552 g/mol. The number of carboxylic acid groups (broad SMARTS) is 1. The molecule has 3 aromatic rings. The van der Waals surface area contributed by atoms with Crippen LogP contribution in [0.3, 0.4) is 0 Å². The summed E-state index contributed by atoms with van der Waals surface area (Å²) in [6.07, 6.45) is 10.6. The normalized spacial score (nSPS) is 21.0. The summed E-state index contributed by atoms with van der Waals surface area (Å²) in [4.78, 5) is 46.0. The van der Waals surface area contributed by atoms with Crippen LogP contribution >= 0.6 is 0 Å². The Balaban J connectivity index is 1.40. The van der Waals surface area contributed by atoms with Crippen LogP contribution in [0, 0.1) is 17.8 Å². The molecule has 1 aromatic heterocycles. The minimum atomic E-state index is -0.945. The molecule has 3 unspecified atom stereocenters. The summed E-state index contributed by atoms with van der Waals surface area (Å²) in [7, 11) is 0. The van der Waals surface area contributed by atoms with Crippen molar-refractivity contribution < 1.29 is 19.5 Å². The molecule has 0 aliphatic heterocycles. The van der Waals surface area contributed by atoms with Gasteiger partial charge in [-0.15, -0.1) is 0 Å². The van der Waals surface area contributed by atoms with Gasteiger partial charge in [-0.2, -0.15) is 0 Å². The topological polar surface area (TPSA) is 102 Å². The summed E-state index contributed by atoms with van der Waals surface area (Å²) < 4.78 is 2.24. The lowest BCUT2D eigenvalue weighted by Gasteiger charge is -2.29. The van der Waals surface area contributed by atoms with Gasteiger partial charge in [0.25, 0.3) is 0 Å². The Morgan fingerprint density at radius 1 is 1.10 bits per heavy atom. The second-order valence-corrected chi connectivity index (χ2v) is 11.4. The molecule has 1 fully saturated rings. The highest BCUT2D eigenvalue weighted by molar-refractivity contribution is 6.07. The van der Waals surface area contributed by atoms with Crippen LogP contribution in [0.4, 0.5) is 0 Å². The van der Waals surface area contributed by atoms with E-state index in [1.807, 2.05) is 48.6 Å². The van der Waals surface area contributed by atoms with Crippen LogP contribution in [-0.2, 0) is 29.0 Å². The minimum absolute atomic E-state index is 0.189. The second-order valence-electron chi connectivity index (χ2n) is 11.4. The van der Waals surface area contributed by atoms with E-state index >= 15 is 0 Å². The van der Waals surface area contributed by atoms with Crippen molar-refractivity contribution in [1.82, 2.24) is 9.55 Å². The molecule has 0 radical (unpaired) electrons. The Hall–Kier alpha value is -4.13. The van der Waals surface area contributed by atoms with Crippen LogP contribution < -0.4 is 0 Å². The summed E-state index contributed by atoms with van der Waals surface area (Å²) in [6.45, 7) is 4.91. The molecule has 0 saturated heterocycles. The summed E-state index contributed by atoms with van der Waals surface area (Å²) >= 11 is 0. The maximum atomic E-state index is 13.2. The minimum Gasteiger partial charge on any atom is -0.478 e. The molecule has 0 bridgehead atoms. The molecule has 1 saturated carbocycles. The Labute approximate surface area is 241 Å². The van der Waals surface area contributed by atoms with Gasteiger partial charge in [-0.3, -0.25) is 4.79 Å². The van der Waals surface area contributed by atoms with Crippen LogP contribution in [-0.4, -0.2) is 38.5 Å². The Morgan fingerprint density at radius 2 is 1.88 bits per heavy atom. The fraction of sp³-hybridized carbons (Fsp3) is 0.382. The lowest BCUT2D eigenvalue weighted by atomic mass is 9.75. The van der Waals surface area contributed by atoms with Crippen molar-refractivity contribution in [3.8, 4) is 11.1 Å². The number of aliphatic imine (C=N–C) groups is 1. The van der Waals surface area contributed by atoms with Crippen molar-refractivity contribution >= 4 is 30.0 Å². The van der Waals surface area contributed by atoms with Crippen molar-refractivity contribution in [2.45, 2.75) is 65.3 Å². The van der Waals surface area contributed by atoms with E-state index in [2.05, 4.69) is 23.4 Å². The van der Waals surface area contributed by atoms with Gasteiger partial charge in [0.15, 0.2) is 0 Å². The van der Waals surface area contributed by atoms with Gasteiger partial charge in [-0.05, 0) is 66.5 Å². The maximum absolute atomic E-state index is 13.2. The summed E-state index contributed by atoms with van der Waals surface area (Å²) in [5, 5.41) is 9.59. The molecule has 1 N–H and O–H groups in total. The van der Waals surface area contributed by atoms with Crippen LogP contribution in [0.1, 0.15) is 79.1 Å². The molecule has 212 valence electrons. The van der Waals surface area contributed by atoms with E-state index in [9.17, 15) is 19.5 Å². The lowest BCUT2D eigenvalue weighted by Crippen LogP contribution is -2.31. The quantitative estimate of drug-likeness (QED) is 0.309. The molecule has 41 heavy (non-hydrogen) atoms. The Morgan fingerprint density at radius 3 is 2.61 bits per heavy atom. The number of aryl methyl sites for hydroxylation is 1. The van der Waals surface area contributed by atoms with Gasteiger partial charge < -0.3 is 14.5 Å². The lowest BCUT2D eigenvalue weighted by molar-refractivity contribution is -0.128. The van der Waals surface area contributed by atoms with E-state index in [4.69, 9.17) is 4.98 Å². The standard InChI is InChI=1S/C34H37N3O4/c1-3-4-9-32-36-30-17-16-26(35-33(39)29-18-22(2)10-13-25(29)21-38)19-31(30)37(32)20-23-11-14-24(15-12-23)27-7-5-6-8-28(27)34(40)41/h5-8,11-12,14-17,21-22,25,29H,3-4,9-10,13,18-20H2,1-2H3,(H,40,41). The van der Waals surface area contributed by atoms with Crippen molar-refractivity contribution in [2.75, 3.05) is 0 Å². The van der Waals surface area contributed by atoms with Crippen molar-refractivity contribution in [2.24, 2.45) is 22.7 Å². The van der Waals surface area contributed by atoms with E-state index in [1.165, 1.54) is 0 Å². The molecule has 3 atom stereocenters. The zero-order valence-corrected chi connectivity index (χ0v) is 23.8. The molecule has 2 aliphatic rings. The third-order valence-electron chi connectivity index (χ3n) is 8.39. The third kappa shape index (κ3) is 6.29. The number of amides is 1. The number of carbonyl (C=O) groups is 3. The van der Waals surface area contributed by atoms with Crippen molar-refractivity contribution in [1.29, 1.82) is 0 Å². The second kappa shape index (κ2) is 12.6. The number of carboxylic acids is 1. The number of carbonyl (C=O) groups excluding carboxylic acids is 2. The molecular weight excluding hydrogens is 514 g/mol. The van der Waals surface area contributed by atoms with Crippen molar-refractivity contribution in [3.63, 3.8) is 0 Å². The predicted octanol–water partition coefficient (Wildman–Crippen LogP) is 6.43. The largest absolute Gasteiger partial charge is 0.478 e. The van der Waals surface area contributed by atoms with E-state index in [1.54, 1.807) is 12.1 Å². The number of rotatable bonds is 9. The molecule has 1 amide bonds. The molecule has 7 nitrogen and oxygen atoms in total. The highest BCUT2D eigenvalue weighted by Gasteiger charge is 2.34. The van der Waals surface area contributed by atoms with Crippen molar-refractivity contribution in [3.05, 3.63) is 82.9 Å². The summed E-state index contributed by atoms with van der Waals surface area (Å²) in [5.74, 6) is -0.293. The smallest absolute Gasteiger partial charge is 0.336 e. The average Bonchev–Trinajstić information content (AvgIpc) is 3.32. The first kappa shape index (κ1) is 28.4. The fourth-order valence-electron chi connectivity index (χ4n) is 6.04. The van der Waals surface area contributed by atoms with E-state index in [-0.39, 0.29) is 23.3 Å². The molecule has 5 rings (SSSR count). The molecule has 0 spiro atoms. The zero-order valence-electron chi connectivity index (χ0n) is 23.8. The monoisotopic (exact) mass is 551 g/mol. The number of aromatic carboxylic acids is 1. The number of hydrogen-bond acceptors (Lipinski definition) is 4. The van der Waals surface area contributed by atoms with Crippen LogP contribution in [0.2, 0.25) is 0 Å². The highest BCUT2D eigenvalue weighted by atomic mass is 16.4. The molecular formula is C34H37N3O4. The number of unbranched alkanes of at least 4 members (excludes halogenated alkanes) is 1. The number of nitrogens with zero attached hydrogens (tertiary/aromatic N) is 3. The first-order chi connectivity index (χ1) is 19.9. The van der Waals surface area contributed by atoms with Gasteiger partial charge in [0.2, 0.25) is 5.91 Å². The molecule has 2 aliphatic carbocycles. The molecule has 2 aromatic carbocycles. The van der Waals surface area contributed by atoms with Crippen LogP contribution in [0.25, 0.3) is 17.2 Å². The fourth-order valence-corrected chi connectivity index (χ4v) is 6.04. The SMILES string of the molecule is CCCCc1nc2c(n1Cc1ccc(-c3ccccc3C(=O)O)cc1)CC(=NC(=O)C1CC(C)CCC1C=O)C=C2. The number of fused-ring (bicyclic) bond motifs is 1. The van der Waals surface area contributed by atoms with Gasteiger partial charge in [-0.1, -0.05) is 62.7 Å². The Kier molecular flexibility index (Phi) is 8.72. The number of hydrogen-bond donors (Lipinski definition) is 1. The summed E-state index contributed by atoms with van der Waals surface area (Å²) in [6, 6.07) is 15.0. The summed E-state index contributed by atoms with van der Waals surface area (Å²) in [5.41, 5.74) is 5.55. The molecule has 7 heteroatoms.